The molecule has 3 aromatic rings. The van der Waals surface area contributed by atoms with E-state index >= 15 is 0 Å². The van der Waals surface area contributed by atoms with Crippen LogP contribution in [0.15, 0.2) is 91.0 Å². The van der Waals surface area contributed by atoms with E-state index in [2.05, 4.69) is 69.3 Å². The second kappa shape index (κ2) is 10.7. The molecule has 0 N–H and O–H groups in total. The van der Waals surface area contributed by atoms with Gasteiger partial charge in [-0.1, -0.05) is 112 Å². The molecule has 0 saturated carbocycles. The molecular weight excluding hydrogens is 440 g/mol. The van der Waals surface area contributed by atoms with E-state index < -0.39 is 8.32 Å². The first-order valence-corrected chi connectivity index (χ1v) is 13.9. The molecule has 1 fully saturated rings. The zero-order valence-electron chi connectivity index (χ0n) is 20.3. The fourth-order valence-corrected chi connectivity index (χ4v) is 9.55. The fraction of sp³-hybridized carbons (Fsp3) is 0.345. The van der Waals surface area contributed by atoms with Gasteiger partial charge in [-0.15, -0.1) is 0 Å². The molecule has 0 bridgehead atoms. The van der Waals surface area contributed by atoms with Gasteiger partial charge in [0.15, 0.2) is 0 Å². The molecule has 178 valence electrons. The van der Waals surface area contributed by atoms with E-state index in [9.17, 15) is 4.79 Å². The molecule has 0 spiro atoms. The Labute approximate surface area is 204 Å². The van der Waals surface area contributed by atoms with Crippen molar-refractivity contribution in [2.24, 2.45) is 0 Å². The summed E-state index contributed by atoms with van der Waals surface area (Å²) in [6.45, 7) is 7.61. The molecule has 5 heteroatoms. The molecule has 0 radical (unpaired) electrons. The van der Waals surface area contributed by atoms with E-state index in [0.717, 1.165) is 5.56 Å². The van der Waals surface area contributed by atoms with Gasteiger partial charge < -0.3 is 13.9 Å². The number of carbonyl (C=O) groups is 1. The number of carbonyl (C=O) groups excluding carboxylic acids is 1. The minimum atomic E-state index is -2.73. The third-order valence-electron chi connectivity index (χ3n) is 6.39. The highest BCUT2D eigenvalue weighted by Crippen LogP contribution is 2.39. The van der Waals surface area contributed by atoms with Crippen molar-refractivity contribution in [1.29, 1.82) is 0 Å². The van der Waals surface area contributed by atoms with Crippen molar-refractivity contribution in [3.05, 3.63) is 96.6 Å². The van der Waals surface area contributed by atoms with Crippen LogP contribution >= 0.6 is 0 Å². The van der Waals surface area contributed by atoms with Crippen LogP contribution in [0.25, 0.3) is 0 Å². The first-order valence-electron chi connectivity index (χ1n) is 12.0. The SMILES string of the molecule is CC(C)(C)[Si](O[C@@H]1CC(=O)O[C@H](COCc2ccccc2)C1)(c1ccccc1)c1ccccc1. The molecule has 1 heterocycles. The van der Waals surface area contributed by atoms with Gasteiger partial charge in [0.05, 0.1) is 25.7 Å². The number of rotatable bonds is 8. The van der Waals surface area contributed by atoms with E-state index in [1.165, 1.54) is 10.4 Å². The van der Waals surface area contributed by atoms with Crippen LogP contribution in [0.3, 0.4) is 0 Å². The van der Waals surface area contributed by atoms with Crippen LogP contribution in [0.5, 0.6) is 0 Å². The van der Waals surface area contributed by atoms with Gasteiger partial charge in [-0.05, 0) is 21.0 Å². The zero-order chi connectivity index (χ0) is 24.0. The van der Waals surface area contributed by atoms with Crippen molar-refractivity contribution in [1.82, 2.24) is 0 Å². The van der Waals surface area contributed by atoms with Crippen LogP contribution in [0.2, 0.25) is 5.04 Å². The van der Waals surface area contributed by atoms with Crippen LogP contribution in [0, 0.1) is 0 Å². The van der Waals surface area contributed by atoms with E-state index in [-0.39, 0.29) is 29.6 Å². The number of hydrogen-bond acceptors (Lipinski definition) is 4. The first-order chi connectivity index (χ1) is 16.4. The largest absolute Gasteiger partial charge is 0.460 e. The summed E-state index contributed by atoms with van der Waals surface area (Å²) in [6.07, 6.45) is 0.358. The van der Waals surface area contributed by atoms with Gasteiger partial charge >= 0.3 is 5.97 Å². The van der Waals surface area contributed by atoms with E-state index in [1.807, 2.05) is 42.5 Å². The summed E-state index contributed by atoms with van der Waals surface area (Å²) in [6, 6.07) is 31.1. The molecule has 4 nitrogen and oxygen atoms in total. The molecule has 3 aromatic carbocycles. The van der Waals surface area contributed by atoms with E-state index in [4.69, 9.17) is 13.9 Å². The topological polar surface area (TPSA) is 44.8 Å². The van der Waals surface area contributed by atoms with Crippen molar-refractivity contribution in [3.63, 3.8) is 0 Å². The lowest BCUT2D eigenvalue weighted by molar-refractivity contribution is -0.163. The predicted molar refractivity (Wildman–Crippen MR) is 138 cm³/mol. The monoisotopic (exact) mass is 474 g/mol. The standard InChI is InChI=1S/C29H34O4Si/c1-29(2,3)34(26-15-9-5-10-16-26,27-17-11-6-12-18-27)33-24-19-25(32-28(30)20-24)22-31-21-23-13-7-4-8-14-23/h4-18,24-25H,19-22H2,1-3H3/t24-,25-/m0/s1. The van der Waals surface area contributed by atoms with Crippen LogP contribution in [-0.4, -0.2) is 33.1 Å². The molecule has 1 saturated heterocycles. The minimum absolute atomic E-state index is 0.142. The second-order valence-electron chi connectivity index (χ2n) is 9.96. The van der Waals surface area contributed by atoms with E-state index in [1.54, 1.807) is 0 Å². The lowest BCUT2D eigenvalue weighted by Crippen LogP contribution is -2.68. The number of cyclic esters (lactones) is 1. The Bertz CT molecular complexity index is 1010. The molecule has 0 aliphatic carbocycles. The van der Waals surface area contributed by atoms with Crippen LogP contribution in [0.4, 0.5) is 0 Å². The molecule has 2 atom stereocenters. The van der Waals surface area contributed by atoms with Gasteiger partial charge in [-0.3, -0.25) is 4.79 Å². The minimum Gasteiger partial charge on any atom is -0.460 e. The summed E-state index contributed by atoms with van der Waals surface area (Å²) in [5.41, 5.74) is 1.10. The van der Waals surface area contributed by atoms with Gasteiger partial charge in [0.25, 0.3) is 8.32 Å². The van der Waals surface area contributed by atoms with E-state index in [0.29, 0.717) is 19.6 Å². The Morgan fingerprint density at radius 3 is 1.91 bits per heavy atom. The molecule has 34 heavy (non-hydrogen) atoms. The molecule has 0 aromatic heterocycles. The Balaban J connectivity index is 1.57. The summed E-state index contributed by atoms with van der Waals surface area (Å²) in [5, 5.41) is 2.28. The van der Waals surface area contributed by atoms with Crippen molar-refractivity contribution >= 4 is 24.7 Å². The summed E-state index contributed by atoms with van der Waals surface area (Å²) in [4.78, 5) is 12.6. The first kappa shape index (κ1) is 24.4. The van der Waals surface area contributed by atoms with Gasteiger partial charge in [0.1, 0.15) is 6.10 Å². The quantitative estimate of drug-likeness (QED) is 0.346. The molecular formula is C29H34O4Si. The lowest BCUT2D eigenvalue weighted by Gasteiger charge is -2.46. The smallest absolute Gasteiger partial charge is 0.308 e. The van der Waals surface area contributed by atoms with Gasteiger partial charge in [-0.25, -0.2) is 0 Å². The second-order valence-corrected chi connectivity index (χ2v) is 14.2. The summed E-state index contributed by atoms with van der Waals surface area (Å²) < 4.78 is 18.7. The summed E-state index contributed by atoms with van der Waals surface area (Å²) in [5.74, 6) is -0.220. The normalized spacial score (nSPS) is 19.0. The Hall–Kier alpha value is -2.73. The van der Waals surface area contributed by atoms with Crippen LogP contribution in [0.1, 0.15) is 39.2 Å². The molecule has 1 aliphatic heterocycles. The molecule has 0 unspecified atom stereocenters. The van der Waals surface area contributed by atoms with Gasteiger partial charge in [0, 0.05) is 6.42 Å². The third-order valence-corrected chi connectivity index (χ3v) is 11.5. The van der Waals surface area contributed by atoms with Gasteiger partial charge in [-0.2, -0.15) is 0 Å². The highest BCUT2D eigenvalue weighted by molar-refractivity contribution is 6.99. The highest BCUT2D eigenvalue weighted by atomic mass is 28.4. The maximum atomic E-state index is 12.6. The maximum absolute atomic E-state index is 12.6. The predicted octanol–water partition coefficient (Wildman–Crippen LogP) is 4.85. The van der Waals surface area contributed by atoms with Crippen molar-refractivity contribution in [2.75, 3.05) is 6.61 Å². The number of hydrogen-bond donors (Lipinski definition) is 0. The molecule has 1 aliphatic rings. The average Bonchev–Trinajstić information content (AvgIpc) is 2.83. The lowest BCUT2D eigenvalue weighted by atomic mass is 10.1. The van der Waals surface area contributed by atoms with Gasteiger partial charge in [0.2, 0.25) is 0 Å². The average molecular weight is 475 g/mol. The molecule has 4 rings (SSSR count). The number of ether oxygens (including phenoxy) is 2. The Kier molecular flexibility index (Phi) is 7.66. The van der Waals surface area contributed by atoms with Crippen LogP contribution in [-0.2, 0) is 25.3 Å². The number of esters is 1. The zero-order valence-corrected chi connectivity index (χ0v) is 21.3. The van der Waals surface area contributed by atoms with Crippen LogP contribution < -0.4 is 10.4 Å². The summed E-state index contributed by atoms with van der Waals surface area (Å²) in [7, 11) is -2.73. The van der Waals surface area contributed by atoms with Crippen molar-refractivity contribution < 1.29 is 18.7 Å². The summed E-state index contributed by atoms with van der Waals surface area (Å²) >= 11 is 0. The Morgan fingerprint density at radius 2 is 1.38 bits per heavy atom. The molecule has 0 amide bonds. The van der Waals surface area contributed by atoms with Crippen molar-refractivity contribution in [3.8, 4) is 0 Å². The number of benzene rings is 3. The maximum Gasteiger partial charge on any atom is 0.308 e. The van der Waals surface area contributed by atoms with Crippen molar-refractivity contribution in [2.45, 2.75) is 57.5 Å². The fourth-order valence-electron chi connectivity index (χ4n) is 4.86. The third kappa shape index (κ3) is 5.49. The highest BCUT2D eigenvalue weighted by Gasteiger charge is 2.52. The Morgan fingerprint density at radius 1 is 0.853 bits per heavy atom.